The predicted octanol–water partition coefficient (Wildman–Crippen LogP) is 1.57. The fourth-order valence-corrected chi connectivity index (χ4v) is 3.10. The number of ether oxygens (including phenoxy) is 1. The lowest BCUT2D eigenvalue weighted by atomic mass is 10.2. The van der Waals surface area contributed by atoms with E-state index >= 15 is 0 Å². The second-order valence-corrected chi connectivity index (χ2v) is 6.63. The summed E-state index contributed by atoms with van der Waals surface area (Å²) in [6.07, 6.45) is 3.48. The van der Waals surface area contributed by atoms with Crippen LogP contribution in [0.5, 0.6) is 0 Å². The number of rotatable bonds is 5. The Bertz CT molecular complexity index is 513. The summed E-state index contributed by atoms with van der Waals surface area (Å²) in [5.41, 5.74) is 0.941. The van der Waals surface area contributed by atoms with E-state index in [1.807, 2.05) is 0 Å². The lowest BCUT2D eigenvalue weighted by Gasteiger charge is -2.14. The summed E-state index contributed by atoms with van der Waals surface area (Å²) < 4.78 is 30.8. The van der Waals surface area contributed by atoms with E-state index in [2.05, 4.69) is 10.0 Å². The number of sulfonamides is 1. The SMILES string of the molecule is CNS(=O)(=O)c1ccc(NC2CCC(OC)C2)cc1. The highest BCUT2D eigenvalue weighted by atomic mass is 32.2. The Labute approximate surface area is 114 Å². The zero-order valence-corrected chi connectivity index (χ0v) is 12.0. The molecule has 6 heteroatoms. The predicted molar refractivity (Wildman–Crippen MR) is 74.7 cm³/mol. The molecule has 0 aliphatic heterocycles. The second-order valence-electron chi connectivity index (χ2n) is 4.74. The summed E-state index contributed by atoms with van der Waals surface area (Å²) in [6, 6.07) is 7.21. The highest BCUT2D eigenvalue weighted by Crippen LogP contribution is 2.25. The fourth-order valence-electron chi connectivity index (χ4n) is 2.37. The van der Waals surface area contributed by atoms with Gasteiger partial charge < -0.3 is 10.1 Å². The molecule has 2 N–H and O–H groups in total. The van der Waals surface area contributed by atoms with E-state index in [0.29, 0.717) is 12.1 Å². The molecule has 106 valence electrons. The van der Waals surface area contributed by atoms with Gasteiger partial charge in [0.2, 0.25) is 10.0 Å². The number of methoxy groups -OCH3 is 1. The number of nitrogens with one attached hydrogen (secondary N) is 2. The highest BCUT2D eigenvalue weighted by Gasteiger charge is 2.24. The van der Waals surface area contributed by atoms with Crippen LogP contribution in [-0.2, 0) is 14.8 Å². The first-order chi connectivity index (χ1) is 9.05. The first kappa shape index (κ1) is 14.3. The van der Waals surface area contributed by atoms with Gasteiger partial charge in [-0.25, -0.2) is 13.1 Å². The molecule has 0 spiro atoms. The van der Waals surface area contributed by atoms with E-state index in [9.17, 15) is 8.42 Å². The molecule has 1 saturated carbocycles. The molecule has 19 heavy (non-hydrogen) atoms. The Morgan fingerprint density at radius 3 is 2.42 bits per heavy atom. The Hall–Kier alpha value is -1.11. The van der Waals surface area contributed by atoms with Crippen LogP contribution in [0.4, 0.5) is 5.69 Å². The van der Waals surface area contributed by atoms with Crippen molar-refractivity contribution in [1.82, 2.24) is 4.72 Å². The van der Waals surface area contributed by atoms with Crippen molar-refractivity contribution in [2.75, 3.05) is 19.5 Å². The van der Waals surface area contributed by atoms with Crippen molar-refractivity contribution in [3.05, 3.63) is 24.3 Å². The molecule has 0 aromatic heterocycles. The number of anilines is 1. The molecule has 1 aliphatic carbocycles. The average Bonchev–Trinajstić information content (AvgIpc) is 2.87. The molecular weight excluding hydrogens is 264 g/mol. The standard InChI is InChI=1S/C13H20N2O3S/c1-14-19(16,17)13-7-4-10(5-8-13)15-11-3-6-12(9-11)18-2/h4-5,7-8,11-12,14-15H,3,6,9H2,1-2H3. The van der Waals surface area contributed by atoms with E-state index in [0.717, 1.165) is 24.9 Å². The Morgan fingerprint density at radius 1 is 1.21 bits per heavy atom. The van der Waals surface area contributed by atoms with Crippen LogP contribution in [-0.4, -0.2) is 34.7 Å². The first-order valence-electron chi connectivity index (χ1n) is 6.38. The maximum Gasteiger partial charge on any atom is 0.240 e. The summed E-state index contributed by atoms with van der Waals surface area (Å²) in [6.45, 7) is 0. The number of hydrogen-bond acceptors (Lipinski definition) is 4. The Balaban J connectivity index is 2.00. The van der Waals surface area contributed by atoms with Crippen LogP contribution in [0, 0.1) is 0 Å². The van der Waals surface area contributed by atoms with Gasteiger partial charge in [-0.15, -0.1) is 0 Å². The van der Waals surface area contributed by atoms with Gasteiger partial charge in [-0.1, -0.05) is 0 Å². The molecule has 2 rings (SSSR count). The fraction of sp³-hybridized carbons (Fsp3) is 0.538. The zero-order chi connectivity index (χ0) is 13.9. The zero-order valence-electron chi connectivity index (χ0n) is 11.2. The summed E-state index contributed by atoms with van der Waals surface area (Å²) in [7, 11) is -0.205. The molecule has 1 aliphatic rings. The summed E-state index contributed by atoms with van der Waals surface area (Å²) in [5, 5.41) is 3.41. The third-order valence-corrected chi connectivity index (χ3v) is 4.95. The second kappa shape index (κ2) is 5.90. The molecule has 1 aromatic rings. The smallest absolute Gasteiger partial charge is 0.240 e. The normalized spacial score (nSPS) is 23.5. The van der Waals surface area contributed by atoms with Crippen molar-refractivity contribution >= 4 is 15.7 Å². The monoisotopic (exact) mass is 284 g/mol. The minimum absolute atomic E-state index is 0.279. The van der Waals surface area contributed by atoms with E-state index < -0.39 is 10.0 Å². The number of benzene rings is 1. The van der Waals surface area contributed by atoms with Gasteiger partial charge in [-0.2, -0.15) is 0 Å². The van der Waals surface area contributed by atoms with Gasteiger partial charge >= 0.3 is 0 Å². The summed E-state index contributed by atoms with van der Waals surface area (Å²) >= 11 is 0. The van der Waals surface area contributed by atoms with Gasteiger partial charge in [-0.3, -0.25) is 0 Å². The van der Waals surface area contributed by atoms with Gasteiger partial charge in [0.15, 0.2) is 0 Å². The minimum atomic E-state index is -3.35. The quantitative estimate of drug-likeness (QED) is 0.861. The van der Waals surface area contributed by atoms with Crippen LogP contribution >= 0.6 is 0 Å². The van der Waals surface area contributed by atoms with E-state index in [-0.39, 0.29) is 4.90 Å². The van der Waals surface area contributed by atoms with Crippen molar-refractivity contribution in [1.29, 1.82) is 0 Å². The third kappa shape index (κ3) is 3.46. The molecule has 5 nitrogen and oxygen atoms in total. The molecule has 1 aromatic carbocycles. The summed E-state index contributed by atoms with van der Waals surface area (Å²) in [4.78, 5) is 0.279. The van der Waals surface area contributed by atoms with Crippen LogP contribution in [0.2, 0.25) is 0 Å². The van der Waals surface area contributed by atoms with Crippen molar-refractivity contribution in [2.45, 2.75) is 36.3 Å². The van der Waals surface area contributed by atoms with Crippen LogP contribution in [0.25, 0.3) is 0 Å². The first-order valence-corrected chi connectivity index (χ1v) is 7.86. The summed E-state index contributed by atoms with van der Waals surface area (Å²) in [5.74, 6) is 0. The van der Waals surface area contributed by atoms with Gasteiger partial charge in [0.1, 0.15) is 0 Å². The van der Waals surface area contributed by atoms with Crippen molar-refractivity contribution in [3.8, 4) is 0 Å². The van der Waals surface area contributed by atoms with Crippen LogP contribution in [0.15, 0.2) is 29.2 Å². The Morgan fingerprint density at radius 2 is 1.89 bits per heavy atom. The van der Waals surface area contributed by atoms with Crippen LogP contribution in [0.1, 0.15) is 19.3 Å². The maximum absolute atomic E-state index is 11.6. The van der Waals surface area contributed by atoms with E-state index in [1.165, 1.54) is 7.05 Å². The third-order valence-electron chi connectivity index (χ3n) is 3.52. The van der Waals surface area contributed by atoms with Gasteiger partial charge in [-0.05, 0) is 50.6 Å². The molecular formula is C13H20N2O3S. The van der Waals surface area contributed by atoms with Gasteiger partial charge in [0.25, 0.3) is 0 Å². The molecule has 0 radical (unpaired) electrons. The molecule has 0 bridgehead atoms. The number of hydrogen-bond donors (Lipinski definition) is 2. The molecule has 2 unspecified atom stereocenters. The largest absolute Gasteiger partial charge is 0.382 e. The minimum Gasteiger partial charge on any atom is -0.382 e. The molecule has 0 amide bonds. The van der Waals surface area contributed by atoms with Gasteiger partial charge in [0, 0.05) is 18.8 Å². The topological polar surface area (TPSA) is 67.4 Å². The van der Waals surface area contributed by atoms with Gasteiger partial charge in [0.05, 0.1) is 11.0 Å². The van der Waals surface area contributed by atoms with E-state index in [1.54, 1.807) is 31.4 Å². The average molecular weight is 284 g/mol. The Kier molecular flexibility index (Phi) is 4.44. The lowest BCUT2D eigenvalue weighted by molar-refractivity contribution is 0.108. The van der Waals surface area contributed by atoms with Crippen LogP contribution < -0.4 is 10.0 Å². The molecule has 0 saturated heterocycles. The van der Waals surface area contributed by atoms with E-state index in [4.69, 9.17) is 4.74 Å². The van der Waals surface area contributed by atoms with Crippen molar-refractivity contribution < 1.29 is 13.2 Å². The molecule has 2 atom stereocenters. The van der Waals surface area contributed by atoms with Crippen LogP contribution in [0.3, 0.4) is 0 Å². The van der Waals surface area contributed by atoms with Crippen molar-refractivity contribution in [2.24, 2.45) is 0 Å². The lowest BCUT2D eigenvalue weighted by Crippen LogP contribution is -2.19. The molecule has 0 heterocycles. The maximum atomic E-state index is 11.6. The highest BCUT2D eigenvalue weighted by molar-refractivity contribution is 7.89. The van der Waals surface area contributed by atoms with Crippen molar-refractivity contribution in [3.63, 3.8) is 0 Å². The molecule has 1 fully saturated rings.